The van der Waals surface area contributed by atoms with Gasteiger partial charge >= 0.3 is 0 Å². The van der Waals surface area contributed by atoms with Crippen LogP contribution in [0.3, 0.4) is 0 Å². The molecular weight excluding hydrogens is 238 g/mol. The van der Waals surface area contributed by atoms with Gasteiger partial charge in [-0.25, -0.2) is 0 Å². The fourth-order valence-corrected chi connectivity index (χ4v) is 2.30. The Labute approximate surface area is 111 Å². The third-order valence-corrected chi connectivity index (χ3v) is 3.17. The highest BCUT2D eigenvalue weighted by atomic mass is 16.3. The molecule has 0 amide bonds. The van der Waals surface area contributed by atoms with Crippen molar-refractivity contribution in [2.75, 3.05) is 0 Å². The van der Waals surface area contributed by atoms with Crippen LogP contribution in [0.5, 0.6) is 5.75 Å². The van der Waals surface area contributed by atoms with E-state index in [4.69, 9.17) is 5.73 Å². The van der Waals surface area contributed by atoms with Crippen LogP contribution in [0.25, 0.3) is 10.9 Å². The van der Waals surface area contributed by atoms with Crippen LogP contribution in [-0.2, 0) is 13.1 Å². The smallest absolute Gasteiger partial charge is 0.115 e. The number of nitrogens with zero attached hydrogens (tertiary/aromatic N) is 2. The van der Waals surface area contributed by atoms with Crippen molar-refractivity contribution in [2.24, 2.45) is 5.73 Å². The lowest BCUT2D eigenvalue weighted by molar-refractivity contribution is 0.474. The van der Waals surface area contributed by atoms with E-state index in [0.717, 1.165) is 22.2 Å². The van der Waals surface area contributed by atoms with Gasteiger partial charge in [-0.1, -0.05) is 30.3 Å². The monoisotopic (exact) mass is 253 g/mol. The van der Waals surface area contributed by atoms with Crippen molar-refractivity contribution in [3.8, 4) is 5.75 Å². The van der Waals surface area contributed by atoms with E-state index < -0.39 is 0 Å². The van der Waals surface area contributed by atoms with Crippen LogP contribution < -0.4 is 5.73 Å². The molecule has 1 heterocycles. The van der Waals surface area contributed by atoms with E-state index in [9.17, 15) is 5.11 Å². The van der Waals surface area contributed by atoms with Crippen LogP contribution in [-0.4, -0.2) is 14.9 Å². The topological polar surface area (TPSA) is 64.1 Å². The van der Waals surface area contributed by atoms with Gasteiger partial charge in [0, 0.05) is 11.9 Å². The largest absolute Gasteiger partial charge is 0.508 e. The fourth-order valence-electron chi connectivity index (χ4n) is 2.30. The van der Waals surface area contributed by atoms with Crippen molar-refractivity contribution in [3.05, 3.63) is 59.8 Å². The van der Waals surface area contributed by atoms with Crippen molar-refractivity contribution < 1.29 is 5.11 Å². The van der Waals surface area contributed by atoms with E-state index in [2.05, 4.69) is 5.10 Å². The van der Waals surface area contributed by atoms with Crippen molar-refractivity contribution >= 4 is 10.9 Å². The van der Waals surface area contributed by atoms with E-state index in [-0.39, 0.29) is 5.75 Å². The summed E-state index contributed by atoms with van der Waals surface area (Å²) in [5.41, 5.74) is 8.70. The van der Waals surface area contributed by atoms with E-state index in [1.54, 1.807) is 12.1 Å². The maximum Gasteiger partial charge on any atom is 0.115 e. The number of hydrogen-bond donors (Lipinski definition) is 2. The highest BCUT2D eigenvalue weighted by Crippen LogP contribution is 2.20. The molecular formula is C15H15N3O. The number of phenolic OH excluding ortho intramolecular Hbond substituents is 1. The summed E-state index contributed by atoms with van der Waals surface area (Å²) in [4.78, 5) is 0. The van der Waals surface area contributed by atoms with Crippen LogP contribution in [0.15, 0.2) is 48.5 Å². The Kier molecular flexibility index (Phi) is 2.93. The maximum absolute atomic E-state index is 9.51. The Balaban J connectivity index is 2.06. The molecule has 3 rings (SSSR count). The number of phenols is 1. The van der Waals surface area contributed by atoms with Gasteiger partial charge in [-0.15, -0.1) is 0 Å². The summed E-state index contributed by atoms with van der Waals surface area (Å²) >= 11 is 0. The molecule has 3 aromatic rings. The van der Waals surface area contributed by atoms with Gasteiger partial charge in [0.15, 0.2) is 0 Å². The predicted octanol–water partition coefficient (Wildman–Crippen LogP) is 2.25. The zero-order valence-electron chi connectivity index (χ0n) is 10.5. The molecule has 1 aromatic heterocycles. The van der Waals surface area contributed by atoms with Crippen molar-refractivity contribution in [1.82, 2.24) is 9.78 Å². The number of para-hydroxylation sites is 1. The van der Waals surface area contributed by atoms with Gasteiger partial charge in [-0.3, -0.25) is 4.68 Å². The van der Waals surface area contributed by atoms with Crippen LogP contribution in [0.2, 0.25) is 0 Å². The summed E-state index contributed by atoms with van der Waals surface area (Å²) in [6.07, 6.45) is 0. The first-order chi connectivity index (χ1) is 9.28. The first-order valence-electron chi connectivity index (χ1n) is 6.20. The molecule has 0 aliphatic heterocycles. The van der Waals surface area contributed by atoms with Crippen LogP contribution in [0, 0.1) is 0 Å². The third kappa shape index (κ3) is 2.18. The van der Waals surface area contributed by atoms with Gasteiger partial charge in [0.05, 0.1) is 17.8 Å². The Bertz CT molecular complexity index is 718. The Hall–Kier alpha value is -2.33. The second-order valence-corrected chi connectivity index (χ2v) is 4.50. The predicted molar refractivity (Wildman–Crippen MR) is 74.8 cm³/mol. The molecule has 3 N–H and O–H groups in total. The molecule has 0 aliphatic rings. The molecule has 4 heteroatoms. The lowest BCUT2D eigenvalue weighted by atomic mass is 10.2. The maximum atomic E-state index is 9.51. The minimum absolute atomic E-state index is 0.271. The molecule has 0 bridgehead atoms. The van der Waals surface area contributed by atoms with Gasteiger partial charge in [-0.2, -0.15) is 5.10 Å². The summed E-state index contributed by atoms with van der Waals surface area (Å²) in [6.45, 7) is 1.04. The summed E-state index contributed by atoms with van der Waals surface area (Å²) in [6, 6.07) is 15.3. The number of hydrogen-bond acceptors (Lipinski definition) is 3. The molecule has 0 fully saturated rings. The first-order valence-corrected chi connectivity index (χ1v) is 6.20. The van der Waals surface area contributed by atoms with Gasteiger partial charge < -0.3 is 10.8 Å². The molecule has 0 saturated heterocycles. The lowest BCUT2D eigenvalue weighted by Gasteiger charge is -2.04. The minimum atomic E-state index is 0.271. The normalized spacial score (nSPS) is 11.0. The molecule has 0 spiro atoms. The number of benzene rings is 2. The van der Waals surface area contributed by atoms with Crippen molar-refractivity contribution in [1.29, 1.82) is 0 Å². The lowest BCUT2D eigenvalue weighted by Crippen LogP contribution is -2.03. The number of nitrogens with two attached hydrogens (primary N) is 1. The van der Waals surface area contributed by atoms with Gasteiger partial charge in [0.2, 0.25) is 0 Å². The highest BCUT2D eigenvalue weighted by molar-refractivity contribution is 5.82. The van der Waals surface area contributed by atoms with Crippen molar-refractivity contribution in [2.45, 2.75) is 13.1 Å². The first kappa shape index (κ1) is 11.7. The molecule has 0 saturated carbocycles. The second kappa shape index (κ2) is 4.74. The van der Waals surface area contributed by atoms with E-state index in [1.807, 2.05) is 41.1 Å². The number of aromatic nitrogens is 2. The highest BCUT2D eigenvalue weighted by Gasteiger charge is 2.08. The van der Waals surface area contributed by atoms with E-state index in [0.29, 0.717) is 13.1 Å². The third-order valence-electron chi connectivity index (χ3n) is 3.17. The van der Waals surface area contributed by atoms with Crippen LogP contribution in [0.4, 0.5) is 0 Å². The summed E-state index contributed by atoms with van der Waals surface area (Å²) in [5, 5.41) is 15.1. The molecule has 2 aromatic carbocycles. The van der Waals surface area contributed by atoms with E-state index >= 15 is 0 Å². The summed E-state index contributed by atoms with van der Waals surface area (Å²) in [5.74, 6) is 0.271. The van der Waals surface area contributed by atoms with Gasteiger partial charge in [-0.05, 0) is 23.8 Å². The summed E-state index contributed by atoms with van der Waals surface area (Å²) < 4.78 is 1.92. The fraction of sp³-hybridized carbons (Fsp3) is 0.133. The Morgan fingerprint density at radius 2 is 1.95 bits per heavy atom. The zero-order chi connectivity index (χ0) is 13.2. The molecule has 0 unspecified atom stereocenters. The second-order valence-electron chi connectivity index (χ2n) is 4.50. The average Bonchev–Trinajstić information content (AvgIpc) is 2.77. The molecule has 0 radical (unpaired) electrons. The molecule has 0 aliphatic carbocycles. The number of rotatable bonds is 3. The van der Waals surface area contributed by atoms with Crippen LogP contribution >= 0.6 is 0 Å². The van der Waals surface area contributed by atoms with Gasteiger partial charge in [0.1, 0.15) is 5.75 Å². The average molecular weight is 253 g/mol. The van der Waals surface area contributed by atoms with E-state index in [1.165, 1.54) is 0 Å². The molecule has 96 valence electrons. The molecule has 4 nitrogen and oxygen atoms in total. The van der Waals surface area contributed by atoms with Crippen molar-refractivity contribution in [3.63, 3.8) is 0 Å². The summed E-state index contributed by atoms with van der Waals surface area (Å²) in [7, 11) is 0. The van der Waals surface area contributed by atoms with Gasteiger partial charge in [0.25, 0.3) is 0 Å². The SMILES string of the molecule is NCc1nn(Cc2cccc(O)c2)c2ccccc12. The number of fused-ring (bicyclic) bond motifs is 1. The Morgan fingerprint density at radius 1 is 1.11 bits per heavy atom. The Morgan fingerprint density at radius 3 is 2.74 bits per heavy atom. The number of aromatic hydroxyl groups is 1. The molecule has 0 atom stereocenters. The van der Waals surface area contributed by atoms with Crippen LogP contribution in [0.1, 0.15) is 11.3 Å². The minimum Gasteiger partial charge on any atom is -0.508 e. The molecule has 19 heavy (non-hydrogen) atoms. The quantitative estimate of drug-likeness (QED) is 0.752. The standard InChI is InChI=1S/C15H15N3O/c16-9-14-13-6-1-2-7-15(13)18(17-14)10-11-4-3-5-12(19)8-11/h1-8,19H,9-10,16H2. The zero-order valence-corrected chi connectivity index (χ0v) is 10.5.